The van der Waals surface area contributed by atoms with Crippen LogP contribution in [0.15, 0.2) is 37.0 Å². The highest BCUT2D eigenvalue weighted by Crippen LogP contribution is 2.43. The van der Waals surface area contributed by atoms with Gasteiger partial charge in [-0.15, -0.1) is 6.58 Å². The number of allylic oxidation sites excluding steroid dienone is 5. The molecule has 2 heteroatoms. The zero-order chi connectivity index (χ0) is 26.4. The van der Waals surface area contributed by atoms with Gasteiger partial charge in [0.2, 0.25) is 6.85 Å². The maximum Gasteiger partial charge on any atom is 0.230 e. The fourth-order valence-corrected chi connectivity index (χ4v) is 6.89. The fraction of sp³-hybridized carbons (Fsp3) is 0.818. The molecule has 0 aromatic heterocycles. The summed E-state index contributed by atoms with van der Waals surface area (Å²) in [7, 11) is 0. The minimum absolute atomic E-state index is 0.572. The van der Waals surface area contributed by atoms with Crippen LogP contribution < -0.4 is 0 Å². The molecule has 0 radical (unpaired) electrons. The molecule has 202 valence electrons. The molecule has 0 N–H and O–H groups in total. The van der Waals surface area contributed by atoms with Crippen LogP contribution in [0, 0.1) is 23.7 Å². The average molecular weight is 484 g/mol. The van der Waals surface area contributed by atoms with E-state index in [1.165, 1.54) is 57.8 Å². The number of hydrogen-bond acceptors (Lipinski definition) is 1. The Morgan fingerprint density at radius 2 is 1.40 bits per heavy atom. The van der Waals surface area contributed by atoms with E-state index in [-0.39, 0.29) is 0 Å². The summed E-state index contributed by atoms with van der Waals surface area (Å²) in [6.45, 7) is 26.6. The molecule has 35 heavy (non-hydrogen) atoms. The van der Waals surface area contributed by atoms with Crippen molar-refractivity contribution < 1.29 is 0 Å². The van der Waals surface area contributed by atoms with Gasteiger partial charge in [0, 0.05) is 0 Å². The Labute approximate surface area is 222 Å². The third-order valence-corrected chi connectivity index (χ3v) is 8.88. The predicted molar refractivity (Wildman–Crippen MR) is 162 cm³/mol. The Morgan fingerprint density at radius 1 is 0.771 bits per heavy atom. The largest absolute Gasteiger partial charge is 0.337 e. The smallest absolute Gasteiger partial charge is 0.230 e. The third kappa shape index (κ3) is 11.0. The van der Waals surface area contributed by atoms with Gasteiger partial charge in [0.1, 0.15) is 0 Å². The Morgan fingerprint density at radius 3 is 1.97 bits per heavy atom. The summed E-state index contributed by atoms with van der Waals surface area (Å²) in [5.74, 6) is 4.23. The van der Waals surface area contributed by atoms with Crippen molar-refractivity contribution in [2.24, 2.45) is 23.7 Å². The maximum absolute atomic E-state index is 3.90. The van der Waals surface area contributed by atoms with E-state index >= 15 is 0 Å². The van der Waals surface area contributed by atoms with Crippen LogP contribution in [-0.4, -0.2) is 23.7 Å². The van der Waals surface area contributed by atoms with Gasteiger partial charge in [-0.3, -0.25) is 0 Å². The van der Waals surface area contributed by atoms with Gasteiger partial charge in [0.05, 0.1) is 0 Å². The maximum atomic E-state index is 3.90. The second-order valence-electron chi connectivity index (χ2n) is 12.6. The van der Waals surface area contributed by atoms with E-state index in [0.717, 1.165) is 18.3 Å². The van der Waals surface area contributed by atoms with E-state index < -0.39 is 0 Å². The van der Waals surface area contributed by atoms with Crippen LogP contribution in [0.2, 0.25) is 11.6 Å². The fourth-order valence-electron chi connectivity index (χ4n) is 6.89. The van der Waals surface area contributed by atoms with Gasteiger partial charge in [0.15, 0.2) is 0 Å². The summed E-state index contributed by atoms with van der Waals surface area (Å²) < 4.78 is 0. The normalized spacial score (nSPS) is 21.5. The first-order valence-electron chi connectivity index (χ1n) is 15.4. The number of nitrogens with zero attached hydrogens (tertiary/aromatic N) is 1. The van der Waals surface area contributed by atoms with Gasteiger partial charge >= 0.3 is 0 Å². The van der Waals surface area contributed by atoms with Crippen LogP contribution in [-0.2, 0) is 0 Å². The van der Waals surface area contributed by atoms with Gasteiger partial charge in [-0.25, -0.2) is 0 Å². The first kappa shape index (κ1) is 32.3. The van der Waals surface area contributed by atoms with Crippen LogP contribution in [0.25, 0.3) is 0 Å². The molecule has 1 rings (SSSR count). The number of rotatable bonds is 19. The number of unbranched alkanes of at least 4 members (excludes halogenated alkanes) is 4. The molecule has 6 atom stereocenters. The van der Waals surface area contributed by atoms with Crippen molar-refractivity contribution in [2.45, 2.75) is 150 Å². The van der Waals surface area contributed by atoms with Gasteiger partial charge in [-0.1, -0.05) is 144 Å². The molecule has 0 fully saturated rings. The third-order valence-electron chi connectivity index (χ3n) is 8.88. The zero-order valence-electron chi connectivity index (χ0n) is 25.3. The van der Waals surface area contributed by atoms with E-state index in [1.807, 2.05) is 0 Å². The molecule has 1 aliphatic rings. The summed E-state index contributed by atoms with van der Waals surface area (Å²) in [6, 6.07) is 1.14. The van der Waals surface area contributed by atoms with E-state index in [9.17, 15) is 0 Å². The first-order valence-corrected chi connectivity index (χ1v) is 15.4. The highest BCUT2D eigenvalue weighted by atomic mass is 15.1. The van der Waals surface area contributed by atoms with Gasteiger partial charge in [-0.2, -0.15) is 0 Å². The van der Waals surface area contributed by atoms with Crippen molar-refractivity contribution >= 4 is 6.85 Å². The van der Waals surface area contributed by atoms with E-state index in [1.54, 1.807) is 0 Å². The Kier molecular flexibility index (Phi) is 16.3. The summed E-state index contributed by atoms with van der Waals surface area (Å²) in [5.41, 5.74) is 0. The van der Waals surface area contributed by atoms with E-state index in [4.69, 9.17) is 0 Å². The lowest BCUT2D eigenvalue weighted by atomic mass is 9.37. The standard InChI is InChI=1S/C33H62BN/c1-11-13-15-17-21-29(8)32-22-18-19-23-33(32)31(10)34(35(26(3)4)27(5)6)30(9)25-24-28(7)20-16-14-12-2/h12,18-19,22-23,26-33H,2,11,13-17,20-21,24-25H2,1,3-10H3. The van der Waals surface area contributed by atoms with Crippen LogP contribution in [0.1, 0.15) is 127 Å². The molecule has 0 aromatic carbocycles. The number of hydrogen-bond donors (Lipinski definition) is 0. The van der Waals surface area contributed by atoms with Gasteiger partial charge in [-0.05, 0) is 60.2 Å². The molecule has 0 saturated carbocycles. The molecule has 0 bridgehead atoms. The topological polar surface area (TPSA) is 3.24 Å². The lowest BCUT2D eigenvalue weighted by molar-refractivity contribution is 0.265. The van der Waals surface area contributed by atoms with Crippen LogP contribution in [0.3, 0.4) is 0 Å². The average Bonchev–Trinajstić information content (AvgIpc) is 2.82. The minimum atomic E-state index is 0.572. The molecule has 6 unspecified atom stereocenters. The second-order valence-corrected chi connectivity index (χ2v) is 12.6. The molecule has 0 saturated heterocycles. The Balaban J connectivity index is 3.04. The molecule has 1 nitrogen and oxygen atoms in total. The first-order chi connectivity index (χ1) is 16.6. The quantitative estimate of drug-likeness (QED) is 0.100. The molecule has 0 amide bonds. The van der Waals surface area contributed by atoms with Gasteiger partial charge in [0.25, 0.3) is 0 Å². The second kappa shape index (κ2) is 17.7. The molecule has 0 aromatic rings. The van der Waals surface area contributed by atoms with Crippen LogP contribution >= 0.6 is 0 Å². The molecule has 1 aliphatic carbocycles. The van der Waals surface area contributed by atoms with Crippen LogP contribution in [0.4, 0.5) is 0 Å². The lowest BCUT2D eigenvalue weighted by Gasteiger charge is -2.46. The SMILES string of the molecule is C=CCCCC(C)CCC(C)B(C(C)C1C=CC=CC1C(C)CCCCCC)N(C(C)C)C(C)C. The van der Waals surface area contributed by atoms with E-state index in [2.05, 4.69) is 104 Å². The van der Waals surface area contributed by atoms with Crippen molar-refractivity contribution in [1.82, 2.24) is 4.81 Å². The Hall–Kier alpha value is -0.755. The van der Waals surface area contributed by atoms with E-state index in [0.29, 0.717) is 42.4 Å². The summed E-state index contributed by atoms with van der Waals surface area (Å²) in [6.07, 6.45) is 25.2. The van der Waals surface area contributed by atoms with Crippen molar-refractivity contribution in [3.05, 3.63) is 37.0 Å². The summed E-state index contributed by atoms with van der Waals surface area (Å²) in [4.78, 5) is 2.85. The zero-order valence-corrected chi connectivity index (χ0v) is 25.3. The molecule has 0 aliphatic heterocycles. The van der Waals surface area contributed by atoms with Crippen molar-refractivity contribution in [3.8, 4) is 0 Å². The van der Waals surface area contributed by atoms with Crippen molar-refractivity contribution in [2.75, 3.05) is 0 Å². The highest BCUT2D eigenvalue weighted by Gasteiger charge is 2.42. The van der Waals surface area contributed by atoms with Gasteiger partial charge < -0.3 is 4.81 Å². The molecular weight excluding hydrogens is 421 g/mol. The minimum Gasteiger partial charge on any atom is -0.337 e. The summed E-state index contributed by atoms with van der Waals surface area (Å²) >= 11 is 0. The van der Waals surface area contributed by atoms with Crippen molar-refractivity contribution in [3.63, 3.8) is 0 Å². The summed E-state index contributed by atoms with van der Waals surface area (Å²) in [5, 5.41) is 0. The Bertz CT molecular complexity index is 598. The molecular formula is C33H62BN. The molecule has 0 heterocycles. The lowest BCUT2D eigenvalue weighted by Crippen LogP contribution is -2.53. The predicted octanol–water partition coefficient (Wildman–Crippen LogP) is 10.6. The van der Waals surface area contributed by atoms with Crippen LogP contribution in [0.5, 0.6) is 0 Å². The van der Waals surface area contributed by atoms with Crippen molar-refractivity contribution in [1.29, 1.82) is 0 Å². The molecule has 0 spiro atoms. The monoisotopic (exact) mass is 483 g/mol. The highest BCUT2D eigenvalue weighted by molar-refractivity contribution is 6.59.